The van der Waals surface area contributed by atoms with Gasteiger partial charge in [-0.2, -0.15) is 0 Å². The van der Waals surface area contributed by atoms with Gasteiger partial charge >= 0.3 is 0 Å². The molecule has 1 aromatic rings. The third kappa shape index (κ3) is 3.80. The van der Waals surface area contributed by atoms with Crippen molar-refractivity contribution in [2.45, 2.75) is 58.1 Å². The lowest BCUT2D eigenvalue weighted by molar-refractivity contribution is 0.0653. The summed E-state index contributed by atoms with van der Waals surface area (Å²) >= 11 is 0. The highest BCUT2D eigenvalue weighted by Crippen LogP contribution is 2.25. The van der Waals surface area contributed by atoms with Crippen molar-refractivity contribution in [1.29, 1.82) is 0 Å². The molecule has 1 N–H and O–H groups in total. The maximum atomic E-state index is 6.02. The highest BCUT2D eigenvalue weighted by molar-refractivity contribution is 5.25. The Hall–Kier alpha value is -0.860. The molecule has 106 valence electrons. The zero-order valence-electron chi connectivity index (χ0n) is 12.5. The molecule has 1 aliphatic rings. The maximum Gasteiger partial charge on any atom is 0.0949 e. The minimum atomic E-state index is 0.198. The molecule has 2 atom stereocenters. The van der Waals surface area contributed by atoms with E-state index in [9.17, 15) is 0 Å². The number of benzene rings is 1. The van der Waals surface area contributed by atoms with Crippen molar-refractivity contribution in [3.05, 3.63) is 35.4 Å². The second-order valence-corrected chi connectivity index (χ2v) is 5.90. The molecule has 0 radical (unpaired) electrons. The van der Waals surface area contributed by atoms with Gasteiger partial charge < -0.3 is 10.1 Å². The molecule has 1 heterocycles. The third-order valence-corrected chi connectivity index (χ3v) is 4.36. The van der Waals surface area contributed by atoms with Crippen molar-refractivity contribution in [3.8, 4) is 0 Å². The molecule has 2 heteroatoms. The summed E-state index contributed by atoms with van der Waals surface area (Å²) in [6.07, 6.45) is 4.81. The lowest BCUT2D eigenvalue weighted by Gasteiger charge is -2.27. The molecule has 2 unspecified atom stereocenters. The minimum absolute atomic E-state index is 0.198. The zero-order chi connectivity index (χ0) is 13.7. The van der Waals surface area contributed by atoms with Gasteiger partial charge in [-0.25, -0.2) is 0 Å². The predicted octanol–water partition coefficient (Wildman–Crippen LogP) is 3.86. The SMILES string of the molecule is CCCc1ccc(C2CNC(C)(CC)CCO2)cc1. The van der Waals surface area contributed by atoms with Crippen LogP contribution in [0.1, 0.15) is 57.3 Å². The van der Waals surface area contributed by atoms with E-state index in [1.807, 2.05) is 0 Å². The van der Waals surface area contributed by atoms with Crippen LogP contribution < -0.4 is 5.32 Å². The molecule has 0 spiro atoms. The molecule has 2 nitrogen and oxygen atoms in total. The van der Waals surface area contributed by atoms with Crippen LogP contribution in [0, 0.1) is 0 Å². The molecule has 0 amide bonds. The first-order chi connectivity index (χ1) is 9.17. The minimum Gasteiger partial charge on any atom is -0.372 e. The number of hydrogen-bond donors (Lipinski definition) is 1. The number of nitrogens with one attached hydrogen (secondary N) is 1. The molecule has 0 aliphatic carbocycles. The van der Waals surface area contributed by atoms with E-state index in [4.69, 9.17) is 4.74 Å². The monoisotopic (exact) mass is 261 g/mol. The van der Waals surface area contributed by atoms with Gasteiger partial charge in [0, 0.05) is 18.7 Å². The molecular formula is C17H27NO. The van der Waals surface area contributed by atoms with Gasteiger partial charge in [0.15, 0.2) is 0 Å². The summed E-state index contributed by atoms with van der Waals surface area (Å²) in [4.78, 5) is 0. The van der Waals surface area contributed by atoms with E-state index in [1.54, 1.807) is 0 Å². The quantitative estimate of drug-likeness (QED) is 0.888. The molecule has 1 aromatic carbocycles. The summed E-state index contributed by atoms with van der Waals surface area (Å²) < 4.78 is 6.02. The standard InChI is InChI=1S/C17H27NO/c1-4-6-14-7-9-15(10-8-14)16-13-18-17(3,5-2)11-12-19-16/h7-10,16,18H,4-6,11-13H2,1-3H3. The van der Waals surface area contributed by atoms with Crippen molar-refractivity contribution >= 4 is 0 Å². The smallest absolute Gasteiger partial charge is 0.0949 e. The Morgan fingerprint density at radius 3 is 2.63 bits per heavy atom. The van der Waals surface area contributed by atoms with Crippen molar-refractivity contribution in [1.82, 2.24) is 5.32 Å². The van der Waals surface area contributed by atoms with Gasteiger partial charge in [-0.1, -0.05) is 44.5 Å². The van der Waals surface area contributed by atoms with Crippen LogP contribution in [0.15, 0.2) is 24.3 Å². The predicted molar refractivity (Wildman–Crippen MR) is 80.4 cm³/mol. The largest absolute Gasteiger partial charge is 0.372 e. The van der Waals surface area contributed by atoms with Gasteiger partial charge in [0.25, 0.3) is 0 Å². The summed E-state index contributed by atoms with van der Waals surface area (Å²) in [6, 6.07) is 8.94. The zero-order valence-corrected chi connectivity index (χ0v) is 12.5. The molecule has 0 bridgehead atoms. The van der Waals surface area contributed by atoms with Gasteiger partial charge in [-0.3, -0.25) is 0 Å². The van der Waals surface area contributed by atoms with Crippen LogP contribution in [0.25, 0.3) is 0 Å². The fraction of sp³-hybridized carbons (Fsp3) is 0.647. The van der Waals surface area contributed by atoms with Crippen LogP contribution in [0.2, 0.25) is 0 Å². The Morgan fingerprint density at radius 2 is 2.00 bits per heavy atom. The van der Waals surface area contributed by atoms with E-state index >= 15 is 0 Å². The summed E-state index contributed by atoms with van der Waals surface area (Å²) in [6.45, 7) is 8.52. The molecule has 0 saturated carbocycles. The third-order valence-electron chi connectivity index (χ3n) is 4.36. The van der Waals surface area contributed by atoms with Crippen molar-refractivity contribution in [3.63, 3.8) is 0 Å². The lowest BCUT2D eigenvalue weighted by Crippen LogP contribution is -2.42. The molecule has 2 rings (SSSR count). The Morgan fingerprint density at radius 1 is 1.26 bits per heavy atom. The van der Waals surface area contributed by atoms with Crippen LogP contribution in [0.4, 0.5) is 0 Å². The summed E-state index contributed by atoms with van der Waals surface area (Å²) in [7, 11) is 0. The van der Waals surface area contributed by atoms with E-state index in [1.165, 1.54) is 17.5 Å². The van der Waals surface area contributed by atoms with Crippen LogP contribution in [-0.2, 0) is 11.2 Å². The Bertz CT molecular complexity index is 387. The highest BCUT2D eigenvalue weighted by Gasteiger charge is 2.27. The van der Waals surface area contributed by atoms with E-state index in [2.05, 4.69) is 50.4 Å². The highest BCUT2D eigenvalue weighted by atomic mass is 16.5. The van der Waals surface area contributed by atoms with Crippen LogP contribution in [-0.4, -0.2) is 18.7 Å². The Kier molecular flexibility index (Phi) is 5.00. The first-order valence-electron chi connectivity index (χ1n) is 7.62. The Balaban J connectivity index is 2.01. The normalized spacial score (nSPS) is 28.1. The summed E-state index contributed by atoms with van der Waals surface area (Å²) in [5.74, 6) is 0. The van der Waals surface area contributed by atoms with Gasteiger partial charge in [0.2, 0.25) is 0 Å². The first kappa shape index (κ1) is 14.5. The summed E-state index contributed by atoms with van der Waals surface area (Å²) in [5, 5.41) is 3.67. The van der Waals surface area contributed by atoms with E-state index < -0.39 is 0 Å². The van der Waals surface area contributed by atoms with E-state index in [-0.39, 0.29) is 11.6 Å². The topological polar surface area (TPSA) is 21.3 Å². The average molecular weight is 261 g/mol. The molecule has 1 saturated heterocycles. The molecule has 0 aromatic heterocycles. The van der Waals surface area contributed by atoms with E-state index in [0.29, 0.717) is 0 Å². The first-order valence-corrected chi connectivity index (χ1v) is 7.62. The maximum absolute atomic E-state index is 6.02. The Labute approximate surface area is 117 Å². The second kappa shape index (κ2) is 6.53. The van der Waals surface area contributed by atoms with Gasteiger partial charge in [0.1, 0.15) is 0 Å². The molecular weight excluding hydrogens is 234 g/mol. The fourth-order valence-corrected chi connectivity index (χ4v) is 2.62. The van der Waals surface area contributed by atoms with E-state index in [0.717, 1.165) is 32.4 Å². The lowest BCUT2D eigenvalue weighted by atomic mass is 9.95. The van der Waals surface area contributed by atoms with Crippen LogP contribution >= 0.6 is 0 Å². The van der Waals surface area contributed by atoms with Gasteiger partial charge in [0.05, 0.1) is 6.10 Å². The molecule has 1 fully saturated rings. The second-order valence-electron chi connectivity index (χ2n) is 5.90. The molecule has 19 heavy (non-hydrogen) atoms. The number of ether oxygens (including phenoxy) is 1. The number of hydrogen-bond acceptors (Lipinski definition) is 2. The van der Waals surface area contributed by atoms with Gasteiger partial charge in [-0.15, -0.1) is 0 Å². The van der Waals surface area contributed by atoms with Crippen molar-refractivity contribution in [2.24, 2.45) is 0 Å². The molecule has 1 aliphatic heterocycles. The number of aryl methyl sites for hydroxylation is 1. The van der Waals surface area contributed by atoms with Gasteiger partial charge in [-0.05, 0) is 37.3 Å². The van der Waals surface area contributed by atoms with Crippen LogP contribution in [0.5, 0.6) is 0 Å². The number of rotatable bonds is 4. The van der Waals surface area contributed by atoms with Crippen LogP contribution in [0.3, 0.4) is 0 Å². The fourth-order valence-electron chi connectivity index (χ4n) is 2.62. The summed E-state index contributed by atoms with van der Waals surface area (Å²) in [5.41, 5.74) is 2.95. The average Bonchev–Trinajstić information content (AvgIpc) is 2.63. The van der Waals surface area contributed by atoms with Crippen molar-refractivity contribution < 1.29 is 4.74 Å². The van der Waals surface area contributed by atoms with Crippen molar-refractivity contribution in [2.75, 3.05) is 13.2 Å².